The smallest absolute Gasteiger partial charge is 0.305 e. The largest absolute Gasteiger partial charge is 0.481 e. The van der Waals surface area contributed by atoms with Crippen molar-refractivity contribution in [1.29, 1.82) is 0 Å². The number of rotatable bonds is 7. The lowest BCUT2D eigenvalue weighted by Gasteiger charge is -2.15. The van der Waals surface area contributed by atoms with Crippen LogP contribution < -0.4 is 0 Å². The van der Waals surface area contributed by atoms with Crippen LogP contribution in [-0.2, 0) is 24.4 Å². The number of halogens is 1. The quantitative estimate of drug-likeness (QED) is 0.783. The first-order chi connectivity index (χ1) is 10.9. The molecular weight excluding hydrogens is 366 g/mol. The van der Waals surface area contributed by atoms with Gasteiger partial charge in [0.25, 0.3) is 5.91 Å². The summed E-state index contributed by atoms with van der Waals surface area (Å²) in [7, 11) is 1.69. The zero-order chi connectivity index (χ0) is 17.0. The molecule has 2 rings (SSSR count). The molecule has 0 radical (unpaired) electrons. The molecule has 0 saturated carbocycles. The van der Waals surface area contributed by atoms with E-state index in [-0.39, 0.29) is 18.9 Å². The van der Waals surface area contributed by atoms with Crippen LogP contribution in [0.1, 0.15) is 29.4 Å². The molecule has 2 aromatic heterocycles. The first-order valence-corrected chi connectivity index (χ1v) is 7.91. The van der Waals surface area contributed by atoms with Crippen LogP contribution in [0.25, 0.3) is 0 Å². The molecule has 0 aliphatic carbocycles. The molecule has 1 amide bonds. The van der Waals surface area contributed by atoms with Gasteiger partial charge >= 0.3 is 5.97 Å². The molecular formula is C14H18BrN5O3. The molecule has 0 saturated heterocycles. The minimum atomic E-state index is -0.901. The summed E-state index contributed by atoms with van der Waals surface area (Å²) in [6, 6.07) is 0. The fourth-order valence-corrected chi connectivity index (χ4v) is 2.47. The molecule has 8 nitrogen and oxygen atoms in total. The van der Waals surface area contributed by atoms with Crippen LogP contribution in [0.4, 0.5) is 0 Å². The predicted octanol–water partition coefficient (Wildman–Crippen LogP) is 1.61. The average Bonchev–Trinajstić information content (AvgIpc) is 3.11. The van der Waals surface area contributed by atoms with E-state index >= 15 is 0 Å². The van der Waals surface area contributed by atoms with Gasteiger partial charge in [-0.1, -0.05) is 0 Å². The van der Waals surface area contributed by atoms with E-state index in [4.69, 9.17) is 5.11 Å². The number of carbonyl (C=O) groups excluding carboxylic acids is 1. The van der Waals surface area contributed by atoms with E-state index in [0.29, 0.717) is 12.1 Å². The van der Waals surface area contributed by atoms with Crippen LogP contribution in [0.3, 0.4) is 0 Å². The molecule has 0 atom stereocenters. The minimum Gasteiger partial charge on any atom is -0.481 e. The van der Waals surface area contributed by atoms with Crippen molar-refractivity contribution in [2.24, 2.45) is 0 Å². The Morgan fingerprint density at radius 1 is 1.35 bits per heavy atom. The highest BCUT2D eigenvalue weighted by atomic mass is 79.9. The first kappa shape index (κ1) is 17.2. The summed E-state index contributed by atoms with van der Waals surface area (Å²) in [5, 5.41) is 17.1. The monoisotopic (exact) mass is 383 g/mol. The number of nitrogens with zero attached hydrogens (tertiary/aromatic N) is 5. The highest BCUT2D eigenvalue weighted by Crippen LogP contribution is 2.17. The third kappa shape index (κ3) is 4.41. The van der Waals surface area contributed by atoms with E-state index in [9.17, 15) is 9.59 Å². The van der Waals surface area contributed by atoms with Gasteiger partial charge in [0, 0.05) is 26.0 Å². The Labute approximate surface area is 141 Å². The van der Waals surface area contributed by atoms with Crippen LogP contribution in [0.2, 0.25) is 0 Å². The van der Waals surface area contributed by atoms with Gasteiger partial charge in [-0.2, -0.15) is 10.2 Å². The van der Waals surface area contributed by atoms with Crippen molar-refractivity contribution >= 4 is 27.8 Å². The molecule has 0 unspecified atom stereocenters. The molecule has 0 aliphatic rings. The Morgan fingerprint density at radius 3 is 2.70 bits per heavy atom. The maximum absolute atomic E-state index is 12.4. The minimum absolute atomic E-state index is 0.0352. The molecule has 0 aromatic carbocycles. The van der Waals surface area contributed by atoms with Gasteiger partial charge in [0.2, 0.25) is 0 Å². The standard InChI is InChI=1S/C14H18BrN5O3/c1-3-19-8-11(15)12(17-19)9-18(2)14(23)10-6-16-20(7-10)5-4-13(21)22/h6-8H,3-5,9H2,1-2H3,(H,21,22). The molecule has 124 valence electrons. The highest BCUT2D eigenvalue weighted by molar-refractivity contribution is 9.10. The van der Waals surface area contributed by atoms with Gasteiger partial charge < -0.3 is 10.0 Å². The number of aryl methyl sites for hydroxylation is 2. The summed E-state index contributed by atoms with van der Waals surface area (Å²) in [6.07, 6.45) is 4.84. The molecule has 0 aliphatic heterocycles. The maximum atomic E-state index is 12.4. The van der Waals surface area contributed by atoms with Crippen molar-refractivity contribution in [2.75, 3.05) is 7.05 Å². The highest BCUT2D eigenvalue weighted by Gasteiger charge is 2.17. The SMILES string of the molecule is CCn1cc(Br)c(CN(C)C(=O)c2cnn(CCC(=O)O)c2)n1. The lowest BCUT2D eigenvalue weighted by molar-refractivity contribution is -0.137. The van der Waals surface area contributed by atoms with Crippen molar-refractivity contribution in [3.8, 4) is 0 Å². The fraction of sp³-hybridized carbons (Fsp3) is 0.429. The van der Waals surface area contributed by atoms with E-state index in [1.54, 1.807) is 22.8 Å². The van der Waals surface area contributed by atoms with Crippen LogP contribution in [0, 0.1) is 0 Å². The van der Waals surface area contributed by atoms with Gasteiger partial charge in [0.05, 0.1) is 41.4 Å². The van der Waals surface area contributed by atoms with E-state index < -0.39 is 5.97 Å². The van der Waals surface area contributed by atoms with E-state index in [0.717, 1.165) is 16.7 Å². The predicted molar refractivity (Wildman–Crippen MR) is 85.9 cm³/mol. The second kappa shape index (κ2) is 7.40. The summed E-state index contributed by atoms with van der Waals surface area (Å²) < 4.78 is 4.11. The van der Waals surface area contributed by atoms with Crippen molar-refractivity contribution in [3.05, 3.63) is 34.3 Å². The number of carboxylic acid groups (broad SMARTS) is 1. The number of carbonyl (C=O) groups is 2. The molecule has 23 heavy (non-hydrogen) atoms. The number of aliphatic carboxylic acids is 1. The Bertz CT molecular complexity index is 709. The Hall–Kier alpha value is -2.16. The molecule has 2 heterocycles. The van der Waals surface area contributed by atoms with Crippen LogP contribution in [0.5, 0.6) is 0 Å². The third-order valence-corrected chi connectivity index (χ3v) is 3.94. The van der Waals surface area contributed by atoms with E-state index in [1.807, 2.05) is 13.1 Å². The van der Waals surface area contributed by atoms with Gasteiger partial charge in [-0.25, -0.2) is 0 Å². The Morgan fingerprint density at radius 2 is 2.09 bits per heavy atom. The Balaban J connectivity index is 2.01. The molecule has 0 spiro atoms. The molecule has 0 fully saturated rings. The summed E-state index contributed by atoms with van der Waals surface area (Å²) in [5.41, 5.74) is 1.20. The fourth-order valence-electron chi connectivity index (χ4n) is 2.03. The van der Waals surface area contributed by atoms with Crippen molar-refractivity contribution in [3.63, 3.8) is 0 Å². The third-order valence-electron chi connectivity index (χ3n) is 3.28. The van der Waals surface area contributed by atoms with Gasteiger partial charge in [-0.3, -0.25) is 19.0 Å². The zero-order valence-electron chi connectivity index (χ0n) is 12.9. The number of hydrogen-bond donors (Lipinski definition) is 1. The molecule has 0 bridgehead atoms. The van der Waals surface area contributed by atoms with Gasteiger partial charge in [-0.05, 0) is 22.9 Å². The first-order valence-electron chi connectivity index (χ1n) is 7.12. The second-order valence-corrected chi connectivity index (χ2v) is 5.93. The summed E-state index contributed by atoms with van der Waals surface area (Å²) in [5.74, 6) is -1.09. The lowest BCUT2D eigenvalue weighted by atomic mass is 10.3. The number of carboxylic acids is 1. The van der Waals surface area contributed by atoms with Gasteiger partial charge in [-0.15, -0.1) is 0 Å². The van der Waals surface area contributed by atoms with Crippen molar-refractivity contribution in [1.82, 2.24) is 24.5 Å². The molecule has 9 heteroatoms. The Kier molecular flexibility index (Phi) is 5.54. The van der Waals surface area contributed by atoms with E-state index in [1.165, 1.54) is 10.9 Å². The number of aromatic nitrogens is 4. The molecule has 2 aromatic rings. The number of amides is 1. The second-order valence-electron chi connectivity index (χ2n) is 5.08. The number of hydrogen-bond acceptors (Lipinski definition) is 4. The summed E-state index contributed by atoms with van der Waals surface area (Å²) >= 11 is 3.44. The van der Waals surface area contributed by atoms with E-state index in [2.05, 4.69) is 26.1 Å². The van der Waals surface area contributed by atoms with Crippen molar-refractivity contribution in [2.45, 2.75) is 33.0 Å². The van der Waals surface area contributed by atoms with Crippen LogP contribution >= 0.6 is 15.9 Å². The summed E-state index contributed by atoms with van der Waals surface area (Å²) in [6.45, 7) is 3.35. The van der Waals surface area contributed by atoms with Gasteiger partial charge in [0.15, 0.2) is 0 Å². The molecule has 1 N–H and O–H groups in total. The van der Waals surface area contributed by atoms with Gasteiger partial charge in [0.1, 0.15) is 0 Å². The normalized spacial score (nSPS) is 10.7. The average molecular weight is 384 g/mol. The zero-order valence-corrected chi connectivity index (χ0v) is 14.5. The maximum Gasteiger partial charge on any atom is 0.305 e. The van der Waals surface area contributed by atoms with Crippen LogP contribution in [0.15, 0.2) is 23.1 Å². The van der Waals surface area contributed by atoms with Crippen LogP contribution in [-0.4, -0.2) is 48.5 Å². The lowest BCUT2D eigenvalue weighted by Crippen LogP contribution is -2.26. The topological polar surface area (TPSA) is 93.2 Å². The summed E-state index contributed by atoms with van der Waals surface area (Å²) in [4.78, 5) is 24.5. The van der Waals surface area contributed by atoms with Crippen molar-refractivity contribution < 1.29 is 14.7 Å².